The molecule has 3 aromatic rings. The van der Waals surface area contributed by atoms with Crippen LogP contribution >= 0.6 is 0 Å². The normalized spacial score (nSPS) is 16.6. The van der Waals surface area contributed by atoms with E-state index in [1.165, 1.54) is 0 Å². The Morgan fingerprint density at radius 1 is 1.26 bits per heavy atom. The van der Waals surface area contributed by atoms with Crippen LogP contribution in [0, 0.1) is 20.8 Å². The third-order valence-corrected chi connectivity index (χ3v) is 4.53. The minimum atomic E-state index is -0.189. The van der Waals surface area contributed by atoms with Crippen LogP contribution in [-0.4, -0.2) is 38.2 Å². The summed E-state index contributed by atoms with van der Waals surface area (Å²) >= 11 is 0. The van der Waals surface area contributed by atoms with Crippen molar-refractivity contribution in [2.75, 3.05) is 11.9 Å². The van der Waals surface area contributed by atoms with Crippen LogP contribution in [0.25, 0.3) is 17.4 Å². The molecule has 1 atom stereocenters. The molecule has 0 radical (unpaired) electrons. The first-order chi connectivity index (χ1) is 13.0. The van der Waals surface area contributed by atoms with Gasteiger partial charge >= 0.3 is 0 Å². The topological polar surface area (TPSA) is 97.9 Å². The van der Waals surface area contributed by atoms with E-state index in [0.717, 1.165) is 36.5 Å². The zero-order chi connectivity index (χ0) is 19.0. The molecule has 1 fully saturated rings. The van der Waals surface area contributed by atoms with Gasteiger partial charge in [-0.15, -0.1) is 0 Å². The van der Waals surface area contributed by atoms with Crippen LogP contribution in [0.5, 0.6) is 0 Å². The molecule has 1 amide bonds. The van der Waals surface area contributed by atoms with Crippen molar-refractivity contribution in [3.05, 3.63) is 41.4 Å². The summed E-state index contributed by atoms with van der Waals surface area (Å²) in [5.41, 5.74) is 1.84. The Hall–Kier alpha value is -3.00. The molecule has 140 valence electrons. The van der Waals surface area contributed by atoms with Crippen molar-refractivity contribution in [2.24, 2.45) is 0 Å². The molecule has 27 heavy (non-hydrogen) atoms. The van der Waals surface area contributed by atoms with Crippen LogP contribution < -0.4 is 10.6 Å². The first-order valence-corrected chi connectivity index (χ1v) is 9.03. The molecule has 8 nitrogen and oxygen atoms in total. The highest BCUT2D eigenvalue weighted by atomic mass is 16.3. The number of aromatic nitrogens is 4. The highest BCUT2D eigenvalue weighted by Crippen LogP contribution is 2.23. The molecule has 2 N–H and O–H groups in total. The Morgan fingerprint density at radius 3 is 2.74 bits per heavy atom. The van der Waals surface area contributed by atoms with Crippen LogP contribution in [-0.2, 0) is 4.79 Å². The van der Waals surface area contributed by atoms with E-state index in [9.17, 15) is 4.79 Å². The minimum absolute atomic E-state index is 0.0907. The van der Waals surface area contributed by atoms with Crippen molar-refractivity contribution in [1.82, 2.24) is 25.1 Å². The number of anilines is 1. The maximum atomic E-state index is 12.5. The van der Waals surface area contributed by atoms with E-state index in [4.69, 9.17) is 4.42 Å². The van der Waals surface area contributed by atoms with Crippen LogP contribution in [0.1, 0.15) is 30.0 Å². The quantitative estimate of drug-likeness (QED) is 0.736. The zero-order valence-electron chi connectivity index (χ0n) is 15.6. The average Bonchev–Trinajstić information content (AvgIpc) is 3.36. The predicted octanol–water partition coefficient (Wildman–Crippen LogP) is 2.54. The lowest BCUT2D eigenvalue weighted by molar-refractivity contribution is -0.117. The van der Waals surface area contributed by atoms with E-state index < -0.39 is 0 Å². The molecule has 3 aromatic heterocycles. The van der Waals surface area contributed by atoms with Crippen molar-refractivity contribution in [2.45, 2.75) is 39.7 Å². The Balaban J connectivity index is 1.74. The van der Waals surface area contributed by atoms with E-state index in [1.54, 1.807) is 10.7 Å². The van der Waals surface area contributed by atoms with E-state index in [1.807, 2.05) is 39.0 Å². The van der Waals surface area contributed by atoms with E-state index in [-0.39, 0.29) is 11.9 Å². The number of hydrogen-bond donors (Lipinski definition) is 2. The first kappa shape index (κ1) is 17.4. The minimum Gasteiger partial charge on any atom is -0.458 e. The van der Waals surface area contributed by atoms with Crippen LogP contribution in [0.3, 0.4) is 0 Å². The van der Waals surface area contributed by atoms with Crippen LogP contribution in [0.2, 0.25) is 0 Å². The second-order valence-electron chi connectivity index (χ2n) is 6.82. The number of carbonyl (C=O) groups excluding carboxylic acids is 1. The second-order valence-corrected chi connectivity index (χ2v) is 6.82. The first-order valence-electron chi connectivity index (χ1n) is 9.03. The third kappa shape index (κ3) is 3.61. The summed E-state index contributed by atoms with van der Waals surface area (Å²) in [6, 6.07) is 7.19. The summed E-state index contributed by atoms with van der Waals surface area (Å²) in [4.78, 5) is 21.6. The largest absolute Gasteiger partial charge is 0.458 e. The predicted molar refractivity (Wildman–Crippen MR) is 101 cm³/mol. The van der Waals surface area contributed by atoms with Gasteiger partial charge in [0.2, 0.25) is 5.91 Å². The number of carbonyl (C=O) groups is 1. The molecular formula is C19H22N6O2. The van der Waals surface area contributed by atoms with Crippen molar-refractivity contribution >= 4 is 11.7 Å². The van der Waals surface area contributed by atoms with Crippen molar-refractivity contribution < 1.29 is 9.21 Å². The maximum Gasteiger partial charge on any atom is 0.242 e. The molecule has 4 rings (SSSR count). The number of aryl methyl sites for hydroxylation is 3. The number of amides is 1. The number of nitrogens with zero attached hydrogens (tertiary/aromatic N) is 4. The molecule has 1 aliphatic heterocycles. The van der Waals surface area contributed by atoms with Gasteiger partial charge in [-0.2, -0.15) is 5.10 Å². The van der Waals surface area contributed by atoms with Gasteiger partial charge < -0.3 is 15.1 Å². The summed E-state index contributed by atoms with van der Waals surface area (Å²) in [6.07, 6.45) is 1.82. The molecule has 0 aromatic carbocycles. The van der Waals surface area contributed by atoms with E-state index in [2.05, 4.69) is 25.7 Å². The molecule has 4 heterocycles. The van der Waals surface area contributed by atoms with Gasteiger partial charge in [-0.3, -0.25) is 4.79 Å². The maximum absolute atomic E-state index is 12.5. The Morgan fingerprint density at radius 2 is 2.11 bits per heavy atom. The average molecular weight is 366 g/mol. The molecule has 0 spiro atoms. The highest BCUT2D eigenvalue weighted by molar-refractivity contribution is 5.94. The second kappa shape index (κ2) is 6.96. The van der Waals surface area contributed by atoms with Gasteiger partial charge in [0, 0.05) is 11.8 Å². The lowest BCUT2D eigenvalue weighted by Crippen LogP contribution is -2.35. The van der Waals surface area contributed by atoms with Gasteiger partial charge in [-0.1, -0.05) is 0 Å². The van der Waals surface area contributed by atoms with Crippen molar-refractivity contribution in [1.29, 1.82) is 0 Å². The van der Waals surface area contributed by atoms with Gasteiger partial charge in [0.25, 0.3) is 0 Å². The number of rotatable bonds is 4. The summed E-state index contributed by atoms with van der Waals surface area (Å²) < 4.78 is 7.41. The monoisotopic (exact) mass is 366 g/mol. The fourth-order valence-corrected chi connectivity index (χ4v) is 3.25. The van der Waals surface area contributed by atoms with Gasteiger partial charge in [0.05, 0.1) is 11.7 Å². The Kier molecular flexibility index (Phi) is 4.49. The number of nitrogens with one attached hydrogen (secondary N) is 2. The summed E-state index contributed by atoms with van der Waals surface area (Å²) in [7, 11) is 0. The molecule has 0 aliphatic carbocycles. The number of furan rings is 1. The van der Waals surface area contributed by atoms with Crippen LogP contribution in [0.4, 0.5) is 5.82 Å². The summed E-state index contributed by atoms with van der Waals surface area (Å²) in [5, 5.41) is 10.6. The van der Waals surface area contributed by atoms with Crippen LogP contribution in [0.15, 0.2) is 28.7 Å². The Labute approximate surface area is 157 Å². The molecule has 0 unspecified atom stereocenters. The Bertz CT molecular complexity index is 984. The molecular weight excluding hydrogens is 344 g/mol. The SMILES string of the molecule is Cc1cc(C)n(-c2cc(NC(=O)[C@@H]3CCCN3)nc(-c3ccc(C)o3)n2)n1. The smallest absolute Gasteiger partial charge is 0.242 e. The van der Waals surface area contributed by atoms with Gasteiger partial charge in [0.1, 0.15) is 11.6 Å². The molecule has 0 saturated carbocycles. The molecule has 8 heteroatoms. The lowest BCUT2D eigenvalue weighted by atomic mass is 10.2. The standard InChI is InChI=1S/C19H22N6O2/c1-11-9-12(2)25(24-11)17-10-16(22-19(26)14-5-4-8-20-14)21-18(23-17)15-7-6-13(3)27-15/h6-7,9-10,14,20H,4-5,8H2,1-3H3,(H,21,22,23,26)/t14-/m0/s1. The molecule has 1 saturated heterocycles. The van der Waals surface area contributed by atoms with Crippen molar-refractivity contribution in [3.63, 3.8) is 0 Å². The van der Waals surface area contributed by atoms with Gasteiger partial charge in [-0.25, -0.2) is 14.6 Å². The highest BCUT2D eigenvalue weighted by Gasteiger charge is 2.23. The van der Waals surface area contributed by atoms with Gasteiger partial charge in [0.15, 0.2) is 17.4 Å². The third-order valence-electron chi connectivity index (χ3n) is 4.53. The zero-order valence-corrected chi connectivity index (χ0v) is 15.6. The van der Waals surface area contributed by atoms with E-state index >= 15 is 0 Å². The lowest BCUT2D eigenvalue weighted by Gasteiger charge is -2.12. The summed E-state index contributed by atoms with van der Waals surface area (Å²) in [5.74, 6) is 2.63. The van der Waals surface area contributed by atoms with E-state index in [0.29, 0.717) is 23.2 Å². The molecule has 1 aliphatic rings. The number of hydrogen-bond acceptors (Lipinski definition) is 6. The fourth-order valence-electron chi connectivity index (χ4n) is 3.25. The van der Waals surface area contributed by atoms with Crippen molar-refractivity contribution in [3.8, 4) is 17.4 Å². The summed E-state index contributed by atoms with van der Waals surface area (Å²) in [6.45, 7) is 6.61. The fraction of sp³-hybridized carbons (Fsp3) is 0.368. The van der Waals surface area contributed by atoms with Gasteiger partial charge in [-0.05, 0) is 58.4 Å². The molecule has 0 bridgehead atoms.